The number of carbonyl (C=O) groups excluding carboxylic acids is 1. The fourth-order valence-electron chi connectivity index (χ4n) is 2.21. The summed E-state index contributed by atoms with van der Waals surface area (Å²) in [5.74, 6) is 0.323. The molecule has 1 saturated carbocycles. The van der Waals surface area contributed by atoms with Crippen molar-refractivity contribution in [2.45, 2.75) is 37.9 Å². The number of hydrogen-bond acceptors (Lipinski definition) is 2. The predicted molar refractivity (Wildman–Crippen MR) is 43.7 cm³/mol. The first-order chi connectivity index (χ1) is 5.77. The van der Waals surface area contributed by atoms with Crippen LogP contribution in [0.25, 0.3) is 0 Å². The molecule has 2 fully saturated rings. The largest absolute Gasteiger partial charge is 0.298 e. The Morgan fingerprint density at radius 2 is 2.25 bits per heavy atom. The van der Waals surface area contributed by atoms with Crippen LogP contribution in [0.4, 0.5) is 4.39 Å². The van der Waals surface area contributed by atoms with Crippen LogP contribution >= 0.6 is 0 Å². The number of Topliss-reactive ketones (excluding diaryl/α,β-unsaturated/α-hetero) is 1. The molecule has 68 valence electrons. The van der Waals surface area contributed by atoms with Gasteiger partial charge < -0.3 is 0 Å². The van der Waals surface area contributed by atoms with E-state index >= 15 is 0 Å². The van der Waals surface area contributed by atoms with Gasteiger partial charge in [-0.2, -0.15) is 0 Å². The molecule has 0 aromatic heterocycles. The molecule has 1 aliphatic heterocycles. The van der Waals surface area contributed by atoms with Gasteiger partial charge in [-0.05, 0) is 19.3 Å². The molecule has 0 bridgehead atoms. The first kappa shape index (κ1) is 8.17. The number of alkyl halides is 1. The first-order valence-electron chi connectivity index (χ1n) is 4.68. The molecular formula is C9H14FNO. The summed E-state index contributed by atoms with van der Waals surface area (Å²) in [5.41, 5.74) is 0. The number of ketones is 1. The van der Waals surface area contributed by atoms with E-state index < -0.39 is 6.17 Å². The minimum absolute atomic E-state index is 0.0609. The Balaban J connectivity index is 1.96. The molecule has 1 heterocycles. The molecular weight excluding hydrogens is 157 g/mol. The van der Waals surface area contributed by atoms with Crippen molar-refractivity contribution in [1.82, 2.24) is 4.90 Å². The van der Waals surface area contributed by atoms with Crippen LogP contribution in [-0.4, -0.2) is 36.0 Å². The number of halogens is 1. The Bertz CT molecular complexity index is 195. The van der Waals surface area contributed by atoms with E-state index in [9.17, 15) is 9.18 Å². The number of nitrogens with zero attached hydrogens (tertiary/aromatic N) is 1. The molecule has 1 aliphatic carbocycles. The third-order valence-electron chi connectivity index (χ3n) is 2.88. The van der Waals surface area contributed by atoms with Gasteiger partial charge in [0.15, 0.2) is 0 Å². The zero-order valence-electron chi connectivity index (χ0n) is 7.13. The lowest BCUT2D eigenvalue weighted by molar-refractivity contribution is -0.121. The van der Waals surface area contributed by atoms with Gasteiger partial charge in [-0.25, -0.2) is 4.39 Å². The number of rotatable bonds is 1. The second kappa shape index (κ2) is 3.13. The SMILES string of the molecule is O=C1CCCC1N1CCC(F)C1. The van der Waals surface area contributed by atoms with Crippen LogP contribution in [0.2, 0.25) is 0 Å². The molecule has 0 radical (unpaired) electrons. The van der Waals surface area contributed by atoms with E-state index in [0.717, 1.165) is 19.4 Å². The summed E-state index contributed by atoms with van der Waals surface area (Å²) in [5, 5.41) is 0. The van der Waals surface area contributed by atoms with Crippen molar-refractivity contribution in [1.29, 1.82) is 0 Å². The zero-order chi connectivity index (χ0) is 8.55. The molecule has 0 amide bonds. The molecule has 2 atom stereocenters. The Kier molecular flexibility index (Phi) is 2.13. The molecule has 0 aromatic rings. The normalized spacial score (nSPS) is 37.9. The van der Waals surface area contributed by atoms with Crippen molar-refractivity contribution in [3.8, 4) is 0 Å². The van der Waals surface area contributed by atoms with E-state index in [0.29, 0.717) is 25.2 Å². The predicted octanol–water partition coefficient (Wildman–Crippen LogP) is 1.15. The summed E-state index contributed by atoms with van der Waals surface area (Å²) < 4.78 is 12.8. The second-order valence-electron chi connectivity index (χ2n) is 3.76. The van der Waals surface area contributed by atoms with Gasteiger partial charge in [-0.3, -0.25) is 9.69 Å². The number of carbonyl (C=O) groups is 1. The van der Waals surface area contributed by atoms with E-state index in [4.69, 9.17) is 0 Å². The molecule has 0 aromatic carbocycles. The molecule has 2 unspecified atom stereocenters. The van der Waals surface area contributed by atoms with Gasteiger partial charge in [0.25, 0.3) is 0 Å². The highest BCUT2D eigenvalue weighted by Gasteiger charge is 2.34. The average Bonchev–Trinajstić information content (AvgIpc) is 2.58. The molecule has 0 N–H and O–H groups in total. The van der Waals surface area contributed by atoms with Crippen molar-refractivity contribution < 1.29 is 9.18 Å². The number of likely N-dealkylation sites (tertiary alicyclic amines) is 1. The summed E-state index contributed by atoms with van der Waals surface area (Å²) >= 11 is 0. The smallest absolute Gasteiger partial charge is 0.149 e. The molecule has 2 aliphatic rings. The Hall–Kier alpha value is -0.440. The van der Waals surface area contributed by atoms with Crippen molar-refractivity contribution in [2.24, 2.45) is 0 Å². The van der Waals surface area contributed by atoms with Gasteiger partial charge in [-0.15, -0.1) is 0 Å². The van der Waals surface area contributed by atoms with Gasteiger partial charge in [0.05, 0.1) is 6.04 Å². The van der Waals surface area contributed by atoms with Crippen LogP contribution in [-0.2, 0) is 4.79 Å². The minimum Gasteiger partial charge on any atom is -0.298 e. The lowest BCUT2D eigenvalue weighted by atomic mass is 10.2. The lowest BCUT2D eigenvalue weighted by Crippen LogP contribution is -2.36. The van der Waals surface area contributed by atoms with Crippen LogP contribution in [0.15, 0.2) is 0 Å². The quantitative estimate of drug-likeness (QED) is 0.590. The Morgan fingerprint density at radius 3 is 2.75 bits per heavy atom. The lowest BCUT2D eigenvalue weighted by Gasteiger charge is -2.20. The molecule has 0 spiro atoms. The van der Waals surface area contributed by atoms with Gasteiger partial charge in [0, 0.05) is 19.5 Å². The standard InChI is InChI=1S/C9H14FNO/c10-7-4-5-11(6-7)8-2-1-3-9(8)12/h7-8H,1-6H2. The highest BCUT2D eigenvalue weighted by atomic mass is 19.1. The van der Waals surface area contributed by atoms with E-state index in [1.807, 2.05) is 4.90 Å². The molecule has 2 nitrogen and oxygen atoms in total. The highest BCUT2D eigenvalue weighted by Crippen LogP contribution is 2.24. The van der Waals surface area contributed by atoms with Crippen LogP contribution in [0.5, 0.6) is 0 Å². The van der Waals surface area contributed by atoms with Crippen molar-refractivity contribution in [3.05, 3.63) is 0 Å². The van der Waals surface area contributed by atoms with Crippen molar-refractivity contribution in [3.63, 3.8) is 0 Å². The van der Waals surface area contributed by atoms with Gasteiger partial charge in [0.2, 0.25) is 0 Å². The first-order valence-corrected chi connectivity index (χ1v) is 4.68. The molecule has 1 saturated heterocycles. The van der Waals surface area contributed by atoms with Crippen LogP contribution in [0, 0.1) is 0 Å². The van der Waals surface area contributed by atoms with Gasteiger partial charge in [-0.1, -0.05) is 0 Å². The monoisotopic (exact) mass is 171 g/mol. The van der Waals surface area contributed by atoms with E-state index in [-0.39, 0.29) is 6.04 Å². The van der Waals surface area contributed by atoms with Crippen LogP contribution < -0.4 is 0 Å². The molecule has 12 heavy (non-hydrogen) atoms. The highest BCUT2D eigenvalue weighted by molar-refractivity contribution is 5.85. The third-order valence-corrected chi connectivity index (χ3v) is 2.88. The van der Waals surface area contributed by atoms with E-state index in [2.05, 4.69) is 0 Å². The summed E-state index contributed by atoms with van der Waals surface area (Å²) in [4.78, 5) is 13.3. The van der Waals surface area contributed by atoms with Crippen molar-refractivity contribution in [2.75, 3.05) is 13.1 Å². The maximum absolute atomic E-state index is 12.8. The minimum atomic E-state index is -0.696. The second-order valence-corrected chi connectivity index (χ2v) is 3.76. The topological polar surface area (TPSA) is 20.3 Å². The fourth-order valence-corrected chi connectivity index (χ4v) is 2.21. The molecule has 2 rings (SSSR count). The fraction of sp³-hybridized carbons (Fsp3) is 0.889. The maximum Gasteiger partial charge on any atom is 0.149 e. The third kappa shape index (κ3) is 1.38. The maximum atomic E-state index is 12.8. The van der Waals surface area contributed by atoms with Crippen LogP contribution in [0.1, 0.15) is 25.7 Å². The summed E-state index contributed by atoms with van der Waals surface area (Å²) in [6.45, 7) is 1.26. The number of hydrogen-bond donors (Lipinski definition) is 0. The van der Waals surface area contributed by atoms with Gasteiger partial charge >= 0.3 is 0 Å². The summed E-state index contributed by atoms with van der Waals surface area (Å²) in [7, 11) is 0. The molecule has 3 heteroatoms. The van der Waals surface area contributed by atoms with E-state index in [1.54, 1.807) is 0 Å². The Morgan fingerprint density at radius 1 is 1.42 bits per heavy atom. The van der Waals surface area contributed by atoms with Gasteiger partial charge in [0.1, 0.15) is 12.0 Å². The average molecular weight is 171 g/mol. The van der Waals surface area contributed by atoms with Crippen molar-refractivity contribution >= 4 is 5.78 Å². The van der Waals surface area contributed by atoms with Crippen LogP contribution in [0.3, 0.4) is 0 Å². The summed E-state index contributed by atoms with van der Waals surface area (Å²) in [6, 6.07) is 0.0609. The Labute approximate surface area is 71.7 Å². The van der Waals surface area contributed by atoms with E-state index in [1.165, 1.54) is 0 Å². The zero-order valence-corrected chi connectivity index (χ0v) is 7.13. The summed E-state index contributed by atoms with van der Waals surface area (Å²) in [6.07, 6.45) is 2.57.